The van der Waals surface area contributed by atoms with Crippen LogP contribution in [0, 0.1) is 0 Å². The summed E-state index contributed by atoms with van der Waals surface area (Å²) in [5.41, 5.74) is 1.15. The first kappa shape index (κ1) is 18.2. The third-order valence-corrected chi connectivity index (χ3v) is 4.79. The van der Waals surface area contributed by atoms with E-state index in [1.54, 1.807) is 21.3 Å². The van der Waals surface area contributed by atoms with Crippen molar-refractivity contribution in [2.24, 2.45) is 0 Å². The lowest BCUT2D eigenvalue weighted by Gasteiger charge is -2.25. The third-order valence-electron chi connectivity index (χ3n) is 4.79. The Balaban J connectivity index is 0.00000192. The molecule has 2 heterocycles. The lowest BCUT2D eigenvalue weighted by Crippen LogP contribution is -2.35. The Bertz CT molecular complexity index is 527. The Morgan fingerprint density at radius 2 is 1.74 bits per heavy atom. The van der Waals surface area contributed by atoms with Crippen molar-refractivity contribution in [2.45, 2.75) is 37.9 Å². The highest BCUT2D eigenvalue weighted by Crippen LogP contribution is 2.40. The molecule has 0 radical (unpaired) electrons. The average molecular weight is 343 g/mol. The number of nitrogens with zero attached hydrogens (tertiary/aromatic N) is 1. The molecule has 0 saturated carbocycles. The molecule has 2 fully saturated rings. The predicted octanol–water partition coefficient (Wildman–Crippen LogP) is 2.46. The molecule has 23 heavy (non-hydrogen) atoms. The van der Waals surface area contributed by atoms with Crippen LogP contribution in [0.1, 0.15) is 24.8 Å². The molecule has 2 aliphatic heterocycles. The van der Waals surface area contributed by atoms with Crippen molar-refractivity contribution in [3.8, 4) is 17.2 Å². The fraction of sp³-hybridized carbons (Fsp3) is 0.647. The molecule has 1 N–H and O–H groups in total. The van der Waals surface area contributed by atoms with Crippen LogP contribution in [0.5, 0.6) is 17.2 Å². The number of fused-ring (bicyclic) bond motifs is 2. The molecule has 0 spiro atoms. The molecule has 130 valence electrons. The fourth-order valence-corrected chi connectivity index (χ4v) is 3.69. The van der Waals surface area contributed by atoms with Gasteiger partial charge in [-0.15, -0.1) is 12.4 Å². The molecule has 0 aliphatic carbocycles. The Morgan fingerprint density at radius 3 is 2.43 bits per heavy atom. The summed E-state index contributed by atoms with van der Waals surface area (Å²) < 4.78 is 16.4. The van der Waals surface area contributed by atoms with Crippen LogP contribution in [0.25, 0.3) is 0 Å². The summed E-state index contributed by atoms with van der Waals surface area (Å²) in [5.74, 6) is 2.17. The minimum Gasteiger partial charge on any atom is -0.493 e. The van der Waals surface area contributed by atoms with Gasteiger partial charge in [-0.1, -0.05) is 6.07 Å². The standard InChI is InChI=1S/C17H26N2O3.ClH/c1-20-15-7-4-12(16(21-2)17(15)22-3)10-19-9-8-13-5-6-14(11-19)18-13;/h4,7,13-14,18H,5-6,8-11H2,1-3H3;1H. The number of ether oxygens (including phenoxy) is 3. The van der Waals surface area contributed by atoms with Gasteiger partial charge in [-0.3, -0.25) is 4.90 Å². The van der Waals surface area contributed by atoms with Crippen LogP contribution in [-0.2, 0) is 6.54 Å². The highest BCUT2D eigenvalue weighted by molar-refractivity contribution is 5.85. The second kappa shape index (κ2) is 8.08. The highest BCUT2D eigenvalue weighted by Gasteiger charge is 2.29. The molecule has 1 aromatic carbocycles. The van der Waals surface area contributed by atoms with E-state index in [1.165, 1.54) is 19.3 Å². The predicted molar refractivity (Wildman–Crippen MR) is 93.2 cm³/mol. The van der Waals surface area contributed by atoms with Gasteiger partial charge in [0.1, 0.15) is 0 Å². The Hall–Kier alpha value is -1.17. The summed E-state index contributed by atoms with van der Waals surface area (Å²) in [6.07, 6.45) is 3.86. The minimum atomic E-state index is 0. The number of halogens is 1. The third kappa shape index (κ3) is 3.84. The number of hydrogen-bond donors (Lipinski definition) is 1. The number of benzene rings is 1. The van der Waals surface area contributed by atoms with Gasteiger partial charge < -0.3 is 19.5 Å². The van der Waals surface area contributed by atoms with Gasteiger partial charge in [0.05, 0.1) is 21.3 Å². The molecule has 2 unspecified atom stereocenters. The van der Waals surface area contributed by atoms with E-state index in [-0.39, 0.29) is 12.4 Å². The quantitative estimate of drug-likeness (QED) is 0.890. The van der Waals surface area contributed by atoms with Gasteiger partial charge in [0.25, 0.3) is 0 Å². The zero-order valence-corrected chi connectivity index (χ0v) is 14.9. The molecule has 0 aromatic heterocycles. The monoisotopic (exact) mass is 342 g/mol. The Morgan fingerprint density at radius 1 is 1.00 bits per heavy atom. The highest BCUT2D eigenvalue weighted by atomic mass is 35.5. The van der Waals surface area contributed by atoms with Crippen LogP contribution in [0.3, 0.4) is 0 Å². The van der Waals surface area contributed by atoms with Crippen molar-refractivity contribution in [3.05, 3.63) is 17.7 Å². The lowest BCUT2D eigenvalue weighted by atomic mass is 10.1. The van der Waals surface area contributed by atoms with Crippen molar-refractivity contribution in [2.75, 3.05) is 34.4 Å². The van der Waals surface area contributed by atoms with E-state index < -0.39 is 0 Å². The second-order valence-electron chi connectivity index (χ2n) is 6.16. The molecule has 2 bridgehead atoms. The van der Waals surface area contributed by atoms with E-state index in [4.69, 9.17) is 14.2 Å². The summed E-state index contributed by atoms with van der Waals surface area (Å²) >= 11 is 0. The van der Waals surface area contributed by atoms with Gasteiger partial charge in [0.15, 0.2) is 11.5 Å². The van der Waals surface area contributed by atoms with Gasteiger partial charge in [0.2, 0.25) is 5.75 Å². The van der Waals surface area contributed by atoms with Crippen LogP contribution in [0.4, 0.5) is 0 Å². The molecule has 6 heteroatoms. The largest absolute Gasteiger partial charge is 0.493 e. The van der Waals surface area contributed by atoms with Crippen molar-refractivity contribution >= 4 is 12.4 Å². The molecule has 0 amide bonds. The maximum absolute atomic E-state index is 5.60. The topological polar surface area (TPSA) is 43.0 Å². The average Bonchev–Trinajstić information content (AvgIpc) is 2.88. The maximum Gasteiger partial charge on any atom is 0.203 e. The summed E-state index contributed by atoms with van der Waals surface area (Å²) in [7, 11) is 4.99. The van der Waals surface area contributed by atoms with E-state index in [0.29, 0.717) is 23.6 Å². The first-order valence-electron chi connectivity index (χ1n) is 8.01. The smallest absolute Gasteiger partial charge is 0.203 e. The van der Waals surface area contributed by atoms with Crippen LogP contribution in [0.15, 0.2) is 12.1 Å². The van der Waals surface area contributed by atoms with E-state index in [2.05, 4.69) is 16.3 Å². The van der Waals surface area contributed by atoms with E-state index in [9.17, 15) is 0 Å². The number of hydrogen-bond acceptors (Lipinski definition) is 5. The number of nitrogens with one attached hydrogen (secondary N) is 1. The Kier molecular flexibility index (Phi) is 6.39. The van der Waals surface area contributed by atoms with Gasteiger partial charge in [-0.2, -0.15) is 0 Å². The summed E-state index contributed by atoms with van der Waals surface area (Å²) in [4.78, 5) is 2.51. The van der Waals surface area contributed by atoms with Gasteiger partial charge >= 0.3 is 0 Å². The molecule has 2 saturated heterocycles. The second-order valence-corrected chi connectivity index (χ2v) is 6.16. The molecule has 5 nitrogen and oxygen atoms in total. The molecular weight excluding hydrogens is 316 g/mol. The number of rotatable bonds is 5. The van der Waals surface area contributed by atoms with E-state index in [1.807, 2.05) is 6.07 Å². The minimum absolute atomic E-state index is 0. The van der Waals surface area contributed by atoms with Crippen LogP contribution in [-0.4, -0.2) is 51.4 Å². The van der Waals surface area contributed by atoms with Crippen LogP contribution >= 0.6 is 12.4 Å². The maximum atomic E-state index is 5.60. The summed E-state index contributed by atoms with van der Waals surface area (Å²) in [6, 6.07) is 5.39. The van der Waals surface area contributed by atoms with Crippen molar-refractivity contribution in [1.82, 2.24) is 10.2 Å². The van der Waals surface area contributed by atoms with Gasteiger partial charge in [0, 0.05) is 37.3 Å². The van der Waals surface area contributed by atoms with E-state index >= 15 is 0 Å². The first-order valence-corrected chi connectivity index (χ1v) is 8.01. The van der Waals surface area contributed by atoms with Crippen LogP contribution in [0.2, 0.25) is 0 Å². The molecule has 2 aliphatic rings. The SMILES string of the molecule is COc1ccc(CN2CCC3CCC(C2)N3)c(OC)c1OC.Cl. The van der Waals surface area contributed by atoms with Crippen molar-refractivity contribution in [3.63, 3.8) is 0 Å². The zero-order valence-electron chi connectivity index (χ0n) is 14.1. The van der Waals surface area contributed by atoms with Gasteiger partial charge in [-0.25, -0.2) is 0 Å². The first-order chi connectivity index (χ1) is 10.7. The van der Waals surface area contributed by atoms with Gasteiger partial charge in [-0.05, 0) is 25.3 Å². The summed E-state index contributed by atoms with van der Waals surface area (Å²) in [6.45, 7) is 3.12. The molecule has 3 rings (SSSR count). The van der Waals surface area contributed by atoms with Crippen molar-refractivity contribution < 1.29 is 14.2 Å². The number of methoxy groups -OCH3 is 3. The normalized spacial score (nSPS) is 23.8. The zero-order chi connectivity index (χ0) is 15.5. The van der Waals surface area contributed by atoms with Crippen molar-refractivity contribution in [1.29, 1.82) is 0 Å². The molecule has 1 aromatic rings. The van der Waals surface area contributed by atoms with E-state index in [0.717, 1.165) is 30.9 Å². The number of likely N-dealkylation sites (tertiary alicyclic amines) is 1. The van der Waals surface area contributed by atoms with Crippen LogP contribution < -0.4 is 19.5 Å². The lowest BCUT2D eigenvalue weighted by molar-refractivity contribution is 0.245. The molecule has 2 atom stereocenters. The summed E-state index contributed by atoms with van der Waals surface area (Å²) in [5, 5.41) is 3.72. The Labute approximate surface area is 144 Å². The molecular formula is C17H27ClN2O3. The fourth-order valence-electron chi connectivity index (χ4n) is 3.69.